The number of fused-ring (bicyclic) bond motifs is 2. The fourth-order valence-corrected chi connectivity index (χ4v) is 15.5. The number of hydrogen-bond acceptors (Lipinski definition) is 13. The van der Waals surface area contributed by atoms with Crippen LogP contribution in [0.2, 0.25) is 0 Å². The number of aliphatic hydroxyl groups excluding tert-OH is 1. The van der Waals surface area contributed by atoms with Gasteiger partial charge < -0.3 is 48.3 Å². The number of nitrogens with zero attached hydrogens (tertiary/aromatic N) is 1. The number of piperidine rings is 1. The maximum atomic E-state index is 14.6. The normalized spacial score (nSPS) is 38.3. The molecule has 1 heterocycles. The summed E-state index contributed by atoms with van der Waals surface area (Å²) in [5.74, 6) is -4.07. The molecule has 0 radical (unpaired) electrons. The molecule has 5 saturated carbocycles. The summed E-state index contributed by atoms with van der Waals surface area (Å²) in [6.45, 7) is 4.36. The van der Waals surface area contributed by atoms with Gasteiger partial charge in [-0.05, 0) is 37.9 Å². The van der Waals surface area contributed by atoms with E-state index in [1.165, 1.54) is 97.5 Å². The zero-order valence-electron chi connectivity index (χ0n) is 41.2. The van der Waals surface area contributed by atoms with Gasteiger partial charge in [0.05, 0.1) is 24.4 Å². The third-order valence-corrected chi connectivity index (χ3v) is 17.6. The van der Waals surface area contributed by atoms with Crippen molar-refractivity contribution in [3.05, 3.63) is 35.9 Å². The molecule has 5 aliphatic carbocycles. The van der Waals surface area contributed by atoms with E-state index in [0.29, 0.717) is 24.9 Å². The van der Waals surface area contributed by atoms with Gasteiger partial charge in [0.15, 0.2) is 5.60 Å². The Morgan fingerprint density at radius 3 is 1.86 bits per heavy atom. The third kappa shape index (κ3) is 8.80. The minimum Gasteiger partial charge on any atom is -0.462 e. The SMILES string of the molecule is CCCCCCCCCCCCCCCCCCCC(=O)O[C@]12[C@H]3[C@@H](OC(=O)c4ccccc4)[C@](O)(C[C@H]3[C@@]34C5[C@@H]1[C@H](OC)[C@@H]3[C@](COC)(CN5C)[C@H](OC(C)=O)C[C@@H]4OC)[C@@H](OC)[C@@H]2O. The van der Waals surface area contributed by atoms with Crippen LogP contribution in [0.3, 0.4) is 0 Å². The Kier molecular flexibility index (Phi) is 17.0. The molecule has 1 aromatic rings. The molecular formula is C53H83NO12. The standard InChI is InChI=1S/C53H83NO12/c1-8-9-10-11-12-13-14-15-16-17-18-19-20-21-22-23-27-30-40(56)66-53-41-37(32-51(59,48(63-7)46(53)57)47(41)65-49(58)36-28-25-24-26-29-36)52-39(61-5)31-38(64-35(2)55)50(34-60-4)33-54(3)45(52)42(53)43(62-6)44(50)52/h24-26,28-29,37-39,41-48,57,59H,8-23,27,30-34H2,1-7H3/t37-,38-,39+,41-,42+,43+,44-,45?,46+,47-,48+,50+,51-,52+,53-/m1/s1. The Labute approximate surface area is 394 Å². The Bertz CT molecular complexity index is 1770. The van der Waals surface area contributed by atoms with Crippen molar-refractivity contribution in [1.29, 1.82) is 0 Å². The lowest BCUT2D eigenvalue weighted by Crippen LogP contribution is -2.81. The van der Waals surface area contributed by atoms with E-state index in [1.807, 2.05) is 13.1 Å². The first-order valence-corrected chi connectivity index (χ1v) is 25.7. The molecule has 6 fully saturated rings. The number of ether oxygens (including phenoxy) is 7. The maximum absolute atomic E-state index is 14.6. The number of rotatable bonds is 27. The smallest absolute Gasteiger partial charge is 0.338 e. The van der Waals surface area contributed by atoms with Crippen LogP contribution in [0.1, 0.15) is 153 Å². The molecule has 15 atom stereocenters. The van der Waals surface area contributed by atoms with Gasteiger partial charge in [0, 0.05) is 89.4 Å². The fraction of sp³-hybridized carbons (Fsp3) is 0.830. The number of benzene rings is 1. The van der Waals surface area contributed by atoms with Gasteiger partial charge in [-0.3, -0.25) is 9.59 Å². The largest absolute Gasteiger partial charge is 0.462 e. The number of carbonyl (C=O) groups excluding carboxylic acids is 3. The number of hydrogen-bond donors (Lipinski definition) is 2. The summed E-state index contributed by atoms with van der Waals surface area (Å²) >= 11 is 0. The molecule has 1 aliphatic heterocycles. The summed E-state index contributed by atoms with van der Waals surface area (Å²) in [6.07, 6.45) is 15.5. The van der Waals surface area contributed by atoms with Crippen LogP contribution in [0.15, 0.2) is 30.3 Å². The van der Waals surface area contributed by atoms with Gasteiger partial charge in [-0.1, -0.05) is 128 Å². The molecule has 0 aromatic heterocycles. The topological polar surface area (TPSA) is 160 Å². The number of likely N-dealkylation sites (tertiary alicyclic amines) is 1. The van der Waals surface area contributed by atoms with Gasteiger partial charge in [0.2, 0.25) is 0 Å². The molecule has 1 spiro atoms. The molecular weight excluding hydrogens is 843 g/mol. The molecule has 1 aromatic carbocycles. The molecule has 6 aliphatic rings. The predicted octanol–water partition coefficient (Wildman–Crippen LogP) is 7.85. The van der Waals surface area contributed by atoms with Crippen LogP contribution in [0.4, 0.5) is 0 Å². The van der Waals surface area contributed by atoms with Crippen LogP contribution in [-0.2, 0) is 42.7 Å². The minimum absolute atomic E-state index is 0.0591. The molecule has 2 N–H and O–H groups in total. The number of methoxy groups -OCH3 is 4. The van der Waals surface area contributed by atoms with Crippen LogP contribution in [0.5, 0.6) is 0 Å². The van der Waals surface area contributed by atoms with E-state index < -0.39 is 106 Å². The zero-order valence-corrected chi connectivity index (χ0v) is 41.2. The van der Waals surface area contributed by atoms with Crippen LogP contribution < -0.4 is 0 Å². The van der Waals surface area contributed by atoms with Crippen LogP contribution in [0.25, 0.3) is 0 Å². The minimum atomic E-state index is -1.87. The summed E-state index contributed by atoms with van der Waals surface area (Å²) in [4.78, 5) is 43.9. The summed E-state index contributed by atoms with van der Waals surface area (Å²) in [6, 6.07) is 8.24. The third-order valence-electron chi connectivity index (χ3n) is 17.6. The summed E-state index contributed by atoms with van der Waals surface area (Å²) in [5, 5.41) is 26.2. The molecule has 7 bridgehead atoms. The average molecular weight is 926 g/mol. The van der Waals surface area contributed by atoms with Crippen LogP contribution >= 0.6 is 0 Å². The van der Waals surface area contributed by atoms with Gasteiger partial charge in [-0.2, -0.15) is 0 Å². The second-order valence-corrected chi connectivity index (χ2v) is 21.1. The van der Waals surface area contributed by atoms with Crippen molar-refractivity contribution < 1.29 is 57.8 Å². The number of aliphatic hydroxyl groups is 2. The molecule has 7 rings (SSSR count). The van der Waals surface area contributed by atoms with Crippen LogP contribution in [-0.4, -0.2) is 136 Å². The highest BCUT2D eigenvalue weighted by Gasteiger charge is 2.92. The second-order valence-electron chi connectivity index (χ2n) is 21.1. The average Bonchev–Trinajstić information content (AvgIpc) is 3.69. The van der Waals surface area contributed by atoms with Gasteiger partial charge in [-0.15, -0.1) is 0 Å². The predicted molar refractivity (Wildman–Crippen MR) is 249 cm³/mol. The second kappa shape index (κ2) is 22.0. The van der Waals surface area contributed by atoms with E-state index in [4.69, 9.17) is 33.2 Å². The van der Waals surface area contributed by atoms with E-state index in [0.717, 1.165) is 19.3 Å². The van der Waals surface area contributed by atoms with E-state index in [1.54, 1.807) is 45.6 Å². The molecule has 372 valence electrons. The number of carbonyl (C=O) groups is 3. The highest BCUT2D eigenvalue weighted by atomic mass is 16.6. The highest BCUT2D eigenvalue weighted by Crippen LogP contribution is 2.80. The molecule has 13 nitrogen and oxygen atoms in total. The lowest BCUT2D eigenvalue weighted by atomic mass is 9.42. The Balaban J connectivity index is 1.14. The Morgan fingerprint density at radius 1 is 0.742 bits per heavy atom. The molecule has 13 heteroatoms. The summed E-state index contributed by atoms with van der Waals surface area (Å²) in [5.41, 5.74) is -4.96. The lowest BCUT2D eigenvalue weighted by molar-refractivity contribution is -0.322. The molecule has 1 saturated heterocycles. The van der Waals surface area contributed by atoms with Crippen LogP contribution in [0, 0.1) is 34.5 Å². The first kappa shape index (κ1) is 51.2. The summed E-state index contributed by atoms with van der Waals surface area (Å²) in [7, 11) is 8.39. The Hall–Kier alpha value is -2.65. The lowest BCUT2D eigenvalue weighted by Gasteiger charge is -2.70. The van der Waals surface area contributed by atoms with Crippen molar-refractivity contribution in [2.75, 3.05) is 48.6 Å². The quantitative estimate of drug-likeness (QED) is 0.0500. The monoisotopic (exact) mass is 926 g/mol. The van der Waals surface area contributed by atoms with E-state index >= 15 is 0 Å². The number of unbranched alkanes of at least 4 members (excludes halogenated alkanes) is 16. The van der Waals surface area contributed by atoms with E-state index in [-0.39, 0.29) is 19.4 Å². The fourth-order valence-electron chi connectivity index (χ4n) is 15.5. The van der Waals surface area contributed by atoms with Gasteiger partial charge in [0.1, 0.15) is 30.0 Å². The van der Waals surface area contributed by atoms with Crippen molar-refractivity contribution in [3.8, 4) is 0 Å². The van der Waals surface area contributed by atoms with Gasteiger partial charge in [0.25, 0.3) is 0 Å². The highest BCUT2D eigenvalue weighted by molar-refractivity contribution is 5.89. The molecule has 66 heavy (non-hydrogen) atoms. The number of esters is 3. The summed E-state index contributed by atoms with van der Waals surface area (Å²) < 4.78 is 45.2. The molecule has 0 amide bonds. The molecule has 1 unspecified atom stereocenters. The zero-order chi connectivity index (χ0) is 47.3. The van der Waals surface area contributed by atoms with Crippen molar-refractivity contribution in [2.45, 2.75) is 196 Å². The first-order valence-electron chi connectivity index (χ1n) is 25.7. The van der Waals surface area contributed by atoms with Gasteiger partial charge >= 0.3 is 17.9 Å². The van der Waals surface area contributed by atoms with Crippen molar-refractivity contribution in [2.24, 2.45) is 34.5 Å². The van der Waals surface area contributed by atoms with Crippen molar-refractivity contribution in [1.82, 2.24) is 4.90 Å². The Morgan fingerprint density at radius 2 is 1.33 bits per heavy atom. The first-order chi connectivity index (χ1) is 31.9. The van der Waals surface area contributed by atoms with Gasteiger partial charge in [-0.25, -0.2) is 4.79 Å². The van der Waals surface area contributed by atoms with E-state index in [2.05, 4.69) is 11.8 Å². The van der Waals surface area contributed by atoms with Crippen molar-refractivity contribution >= 4 is 17.9 Å². The maximum Gasteiger partial charge on any atom is 0.338 e. The van der Waals surface area contributed by atoms with Crippen molar-refractivity contribution in [3.63, 3.8) is 0 Å². The van der Waals surface area contributed by atoms with E-state index in [9.17, 15) is 24.6 Å².